The zero-order valence-electron chi connectivity index (χ0n) is 11.0. The van der Waals surface area contributed by atoms with E-state index in [1.165, 1.54) is 5.19 Å². The fraction of sp³-hybridized carbons (Fsp3) is 0.538. The van der Waals surface area contributed by atoms with Gasteiger partial charge >= 0.3 is 0 Å². The van der Waals surface area contributed by atoms with Crippen LogP contribution in [0.25, 0.3) is 0 Å². The van der Waals surface area contributed by atoms with Crippen molar-refractivity contribution in [1.29, 1.82) is 0 Å². The largest absolute Gasteiger partial charge is 0.506 e. The molecule has 0 heterocycles. The molecule has 0 aromatic heterocycles. The Bertz CT molecular complexity index is 353. The highest BCUT2D eigenvalue weighted by Gasteiger charge is 2.24. The van der Waals surface area contributed by atoms with Gasteiger partial charge in [-0.15, -0.1) is 0 Å². The average molecular weight is 237 g/mol. The molecule has 0 bridgehead atoms. The highest BCUT2D eigenvalue weighted by atomic mass is 28.3. The van der Waals surface area contributed by atoms with E-state index >= 15 is 0 Å². The summed E-state index contributed by atoms with van der Waals surface area (Å²) in [6.07, 6.45) is 0. The van der Waals surface area contributed by atoms with Gasteiger partial charge in [0.25, 0.3) is 0 Å². The number of rotatable bonds is 4. The zero-order valence-corrected chi connectivity index (χ0v) is 12.0. The molecule has 1 aromatic rings. The van der Waals surface area contributed by atoms with Crippen LogP contribution in [0.15, 0.2) is 18.2 Å². The number of hydrogen-bond acceptors (Lipinski definition) is 2. The van der Waals surface area contributed by atoms with Gasteiger partial charge in [0.15, 0.2) is 0 Å². The fourth-order valence-corrected chi connectivity index (χ4v) is 3.60. The number of aromatic hydroxyl groups is 1. The SMILES string of the molecule is CCN(CC)c1c(O)cccc1[Si](C)(C)C. The molecule has 0 radical (unpaired) electrons. The molecule has 1 N–H and O–H groups in total. The van der Waals surface area contributed by atoms with Crippen molar-refractivity contribution in [2.24, 2.45) is 0 Å². The number of nitrogens with zero attached hydrogens (tertiary/aromatic N) is 1. The van der Waals surface area contributed by atoms with Crippen molar-refractivity contribution < 1.29 is 5.11 Å². The first-order chi connectivity index (χ1) is 7.41. The molecular formula is C13H23NOSi. The third-order valence-electron chi connectivity index (χ3n) is 2.90. The third kappa shape index (κ3) is 2.58. The molecule has 16 heavy (non-hydrogen) atoms. The normalized spacial score (nSPS) is 11.6. The van der Waals surface area contributed by atoms with Crippen LogP contribution in [0.3, 0.4) is 0 Å². The summed E-state index contributed by atoms with van der Waals surface area (Å²) in [4.78, 5) is 2.24. The summed E-state index contributed by atoms with van der Waals surface area (Å²) in [5, 5.41) is 11.4. The second kappa shape index (κ2) is 4.91. The highest BCUT2D eigenvalue weighted by Crippen LogP contribution is 2.27. The van der Waals surface area contributed by atoms with Gasteiger partial charge in [-0.3, -0.25) is 0 Å². The Morgan fingerprint density at radius 1 is 1.12 bits per heavy atom. The molecular weight excluding hydrogens is 214 g/mol. The lowest BCUT2D eigenvalue weighted by atomic mass is 10.2. The average Bonchev–Trinajstić information content (AvgIpc) is 2.20. The van der Waals surface area contributed by atoms with Crippen LogP contribution >= 0.6 is 0 Å². The third-order valence-corrected chi connectivity index (χ3v) is 4.92. The van der Waals surface area contributed by atoms with Crippen LogP contribution in [0.2, 0.25) is 19.6 Å². The van der Waals surface area contributed by atoms with Gasteiger partial charge in [-0.25, -0.2) is 0 Å². The minimum absolute atomic E-state index is 0.420. The lowest BCUT2D eigenvalue weighted by Crippen LogP contribution is -2.42. The summed E-state index contributed by atoms with van der Waals surface area (Å²) in [5.74, 6) is 0.420. The minimum atomic E-state index is -1.41. The van der Waals surface area contributed by atoms with Gasteiger partial charge in [0, 0.05) is 13.1 Å². The van der Waals surface area contributed by atoms with E-state index < -0.39 is 8.07 Å². The predicted octanol–water partition coefficient (Wildman–Crippen LogP) is 2.78. The lowest BCUT2D eigenvalue weighted by molar-refractivity contribution is 0.474. The van der Waals surface area contributed by atoms with Gasteiger partial charge in [-0.05, 0) is 25.1 Å². The van der Waals surface area contributed by atoms with E-state index in [9.17, 15) is 5.11 Å². The molecule has 0 unspecified atom stereocenters. The lowest BCUT2D eigenvalue weighted by Gasteiger charge is -2.29. The smallest absolute Gasteiger partial charge is 0.138 e. The van der Waals surface area contributed by atoms with E-state index in [1.54, 1.807) is 6.07 Å². The molecule has 0 aliphatic carbocycles. The number of para-hydroxylation sites is 1. The Morgan fingerprint density at radius 3 is 2.12 bits per heavy atom. The minimum Gasteiger partial charge on any atom is -0.506 e. The molecule has 1 rings (SSSR count). The van der Waals surface area contributed by atoms with Crippen LogP contribution in [0.1, 0.15) is 13.8 Å². The van der Waals surface area contributed by atoms with Crippen molar-refractivity contribution in [1.82, 2.24) is 0 Å². The predicted molar refractivity (Wildman–Crippen MR) is 74.6 cm³/mol. The van der Waals surface area contributed by atoms with Crippen molar-refractivity contribution in [3.05, 3.63) is 18.2 Å². The van der Waals surface area contributed by atoms with E-state index in [1.807, 2.05) is 6.07 Å². The maximum atomic E-state index is 10.1. The molecule has 0 amide bonds. The van der Waals surface area contributed by atoms with Crippen LogP contribution in [0, 0.1) is 0 Å². The first-order valence-electron chi connectivity index (χ1n) is 5.99. The van der Waals surface area contributed by atoms with Gasteiger partial charge < -0.3 is 10.0 Å². The van der Waals surface area contributed by atoms with Crippen molar-refractivity contribution >= 4 is 18.9 Å². The van der Waals surface area contributed by atoms with Crippen LogP contribution < -0.4 is 10.1 Å². The van der Waals surface area contributed by atoms with Gasteiger partial charge in [0.2, 0.25) is 0 Å². The van der Waals surface area contributed by atoms with Gasteiger partial charge in [-0.1, -0.05) is 31.8 Å². The van der Waals surface area contributed by atoms with E-state index in [2.05, 4.69) is 44.5 Å². The Labute approximate surface area is 99.9 Å². The summed E-state index contributed by atoms with van der Waals surface area (Å²) in [6.45, 7) is 13.1. The van der Waals surface area contributed by atoms with Crippen molar-refractivity contribution in [2.45, 2.75) is 33.5 Å². The molecule has 0 saturated carbocycles. The molecule has 3 heteroatoms. The number of benzene rings is 1. The summed E-state index contributed by atoms with van der Waals surface area (Å²) < 4.78 is 0. The highest BCUT2D eigenvalue weighted by molar-refractivity contribution is 6.89. The molecule has 0 aliphatic heterocycles. The first-order valence-corrected chi connectivity index (χ1v) is 9.49. The molecule has 0 spiro atoms. The Morgan fingerprint density at radius 2 is 1.69 bits per heavy atom. The summed E-state index contributed by atoms with van der Waals surface area (Å²) >= 11 is 0. The van der Waals surface area contributed by atoms with E-state index in [0.717, 1.165) is 18.8 Å². The van der Waals surface area contributed by atoms with Gasteiger partial charge in [0.1, 0.15) is 5.75 Å². The second-order valence-corrected chi connectivity index (χ2v) is 10.1. The molecule has 0 saturated heterocycles. The summed E-state index contributed by atoms with van der Waals surface area (Å²) in [6, 6.07) is 5.91. The van der Waals surface area contributed by atoms with Crippen LogP contribution in [-0.2, 0) is 0 Å². The van der Waals surface area contributed by atoms with E-state index in [4.69, 9.17) is 0 Å². The number of anilines is 1. The monoisotopic (exact) mass is 237 g/mol. The Hall–Kier alpha value is -0.963. The molecule has 0 fully saturated rings. The van der Waals surface area contributed by atoms with Crippen LogP contribution in [-0.4, -0.2) is 26.3 Å². The molecule has 1 aromatic carbocycles. The molecule has 0 atom stereocenters. The first kappa shape index (κ1) is 13.1. The Balaban J connectivity index is 3.34. The van der Waals surface area contributed by atoms with Crippen LogP contribution in [0.5, 0.6) is 5.75 Å². The maximum absolute atomic E-state index is 10.1. The topological polar surface area (TPSA) is 23.5 Å². The molecule has 2 nitrogen and oxygen atoms in total. The zero-order chi connectivity index (χ0) is 12.3. The number of hydrogen-bond donors (Lipinski definition) is 1. The van der Waals surface area contributed by atoms with Crippen molar-refractivity contribution in [2.75, 3.05) is 18.0 Å². The summed E-state index contributed by atoms with van der Waals surface area (Å²) in [7, 11) is -1.41. The number of phenolic OH excluding ortho intramolecular Hbond substituents is 1. The Kier molecular flexibility index (Phi) is 4.02. The standard InChI is InChI=1S/C13H23NOSi/c1-6-14(7-2)13-11(15)9-8-10-12(13)16(3,4)5/h8-10,15H,6-7H2,1-5H3. The summed E-state index contributed by atoms with van der Waals surface area (Å²) in [5.41, 5.74) is 1.05. The van der Waals surface area contributed by atoms with E-state index in [-0.39, 0.29) is 0 Å². The van der Waals surface area contributed by atoms with Crippen molar-refractivity contribution in [3.63, 3.8) is 0 Å². The number of phenols is 1. The molecule has 90 valence electrons. The molecule has 0 aliphatic rings. The quantitative estimate of drug-likeness (QED) is 0.814. The fourth-order valence-electron chi connectivity index (χ4n) is 2.01. The van der Waals surface area contributed by atoms with Crippen LogP contribution in [0.4, 0.5) is 5.69 Å². The van der Waals surface area contributed by atoms with Crippen molar-refractivity contribution in [3.8, 4) is 5.75 Å². The maximum Gasteiger partial charge on any atom is 0.138 e. The second-order valence-electron chi connectivity index (χ2n) is 5.10. The van der Waals surface area contributed by atoms with E-state index in [0.29, 0.717) is 5.75 Å². The van der Waals surface area contributed by atoms with Gasteiger partial charge in [0.05, 0.1) is 13.8 Å². The van der Waals surface area contributed by atoms with Gasteiger partial charge in [-0.2, -0.15) is 0 Å².